The summed E-state index contributed by atoms with van der Waals surface area (Å²) in [6, 6.07) is 5.82. The number of aromatic nitrogens is 4. The third kappa shape index (κ3) is 5.82. The van der Waals surface area contributed by atoms with Gasteiger partial charge in [-0.2, -0.15) is 13.1 Å². The van der Waals surface area contributed by atoms with E-state index in [0.717, 1.165) is 7.05 Å². The van der Waals surface area contributed by atoms with Gasteiger partial charge in [0.2, 0.25) is 0 Å². The van der Waals surface area contributed by atoms with Gasteiger partial charge in [0.1, 0.15) is 35.7 Å². The van der Waals surface area contributed by atoms with E-state index in [1.54, 1.807) is 35.2 Å². The van der Waals surface area contributed by atoms with E-state index in [-0.39, 0.29) is 17.8 Å². The summed E-state index contributed by atoms with van der Waals surface area (Å²) in [6.45, 7) is 0.393. The highest BCUT2D eigenvalue weighted by atomic mass is 35.5. The molecule has 1 fully saturated rings. The average molecular weight is 525 g/mol. The number of nitrogens with one attached hydrogen (secondary N) is 2. The van der Waals surface area contributed by atoms with Crippen molar-refractivity contribution in [3.8, 4) is 0 Å². The minimum Gasteiger partial charge on any atom is -0.387 e. The Labute approximate surface area is 205 Å². The Morgan fingerprint density at radius 2 is 2.17 bits per heavy atom. The van der Waals surface area contributed by atoms with Gasteiger partial charge in [-0.15, -0.1) is 0 Å². The van der Waals surface area contributed by atoms with Gasteiger partial charge in [-0.05, 0) is 18.2 Å². The molecule has 0 bridgehead atoms. The molecule has 35 heavy (non-hydrogen) atoms. The molecule has 3 aromatic heterocycles. The Hall–Kier alpha value is -2.97. The number of rotatable bonds is 9. The van der Waals surface area contributed by atoms with Gasteiger partial charge in [0.25, 0.3) is 0 Å². The molecule has 3 N–H and O–H groups in total. The maximum Gasteiger partial charge on any atom is 0.335 e. The molecule has 4 rings (SSSR count). The smallest absolute Gasteiger partial charge is 0.335 e. The zero-order valence-corrected chi connectivity index (χ0v) is 19.9. The van der Waals surface area contributed by atoms with Gasteiger partial charge in [0.15, 0.2) is 5.78 Å². The predicted molar refractivity (Wildman–Crippen MR) is 124 cm³/mol. The first-order valence-corrected chi connectivity index (χ1v) is 12.3. The molecule has 0 radical (unpaired) electrons. The largest absolute Gasteiger partial charge is 0.387 e. The van der Waals surface area contributed by atoms with Gasteiger partial charge in [0, 0.05) is 37.6 Å². The van der Waals surface area contributed by atoms with Crippen LogP contribution in [-0.4, -0.2) is 70.3 Å². The van der Waals surface area contributed by atoms with Crippen molar-refractivity contribution in [2.75, 3.05) is 12.4 Å². The first-order chi connectivity index (χ1) is 16.7. The minimum atomic E-state index is -4.13. The van der Waals surface area contributed by atoms with Crippen LogP contribution in [-0.2, 0) is 21.0 Å². The van der Waals surface area contributed by atoms with Crippen LogP contribution in [0.3, 0.4) is 0 Å². The van der Waals surface area contributed by atoms with Gasteiger partial charge in [-0.25, -0.2) is 19.3 Å². The van der Waals surface area contributed by atoms with E-state index >= 15 is 0 Å². The number of carbonyl (C=O) groups is 1. The zero-order chi connectivity index (χ0) is 25.2. The molecule has 1 aliphatic carbocycles. The molecule has 0 aliphatic heterocycles. The van der Waals surface area contributed by atoms with Crippen LogP contribution in [0, 0.1) is 0 Å². The Morgan fingerprint density at radius 3 is 2.91 bits per heavy atom. The molecule has 14 heteroatoms. The molecule has 3 aromatic rings. The number of anilines is 1. The van der Waals surface area contributed by atoms with Crippen LogP contribution in [0.15, 0.2) is 49.2 Å². The summed E-state index contributed by atoms with van der Waals surface area (Å²) in [4.78, 5) is 25.3. The normalized spacial score (nSPS) is 22.3. The number of pyridine rings is 1. The summed E-state index contributed by atoms with van der Waals surface area (Å²) >= 11 is 5.92. The van der Waals surface area contributed by atoms with Gasteiger partial charge in [-0.1, -0.05) is 17.7 Å². The number of alkyl halides is 1. The lowest BCUT2D eigenvalue weighted by atomic mass is 10.1. The van der Waals surface area contributed by atoms with E-state index in [0.29, 0.717) is 23.0 Å². The van der Waals surface area contributed by atoms with Gasteiger partial charge in [0.05, 0.1) is 23.8 Å². The molecule has 3 heterocycles. The Balaban J connectivity index is 1.50. The SMILES string of the molecule is CNS(=O)(=O)O[C@@H]1C[C@@H](Nc2ncncc2C(=O)c2ccn(Cc3cccc(Cl)n3)c2)[C@@H](F)[C@@H]1O. The fourth-order valence-electron chi connectivity index (χ4n) is 3.75. The van der Waals surface area contributed by atoms with Gasteiger partial charge < -0.3 is 15.0 Å². The van der Waals surface area contributed by atoms with Crippen LogP contribution in [0.25, 0.3) is 0 Å². The van der Waals surface area contributed by atoms with Crippen molar-refractivity contribution in [1.82, 2.24) is 24.2 Å². The number of carbonyl (C=O) groups excluding carboxylic acids is 1. The van der Waals surface area contributed by atoms with E-state index in [1.165, 1.54) is 12.5 Å². The molecule has 0 unspecified atom stereocenters. The average Bonchev–Trinajstić information content (AvgIpc) is 3.39. The topological polar surface area (TPSA) is 148 Å². The third-order valence-electron chi connectivity index (χ3n) is 5.49. The molecule has 0 aromatic carbocycles. The van der Waals surface area contributed by atoms with E-state index in [9.17, 15) is 22.7 Å². The molecular weight excluding hydrogens is 503 g/mol. The molecule has 4 atom stereocenters. The van der Waals surface area contributed by atoms with E-state index in [1.807, 2.05) is 10.8 Å². The zero-order valence-electron chi connectivity index (χ0n) is 18.4. The Kier molecular flexibility index (Phi) is 7.42. The Morgan fingerprint density at radius 1 is 1.37 bits per heavy atom. The van der Waals surface area contributed by atoms with Gasteiger partial charge >= 0.3 is 10.3 Å². The van der Waals surface area contributed by atoms with Crippen LogP contribution in [0.1, 0.15) is 28.0 Å². The molecular formula is C21H22ClFN6O5S. The van der Waals surface area contributed by atoms with Crippen molar-refractivity contribution in [3.63, 3.8) is 0 Å². The standard InChI is InChI=1S/C21H22ClFN6O5S/c1-24-35(32,33)34-16-7-15(18(23)20(16)31)28-21-14(8-25-11-26-21)19(30)12-5-6-29(9-12)10-13-3-2-4-17(22)27-13/h2-6,8-9,11,15-16,18,20,24,31H,7,10H2,1H3,(H,25,26,28)/t15-,16-,18-,20-/m1/s1. The summed E-state index contributed by atoms with van der Waals surface area (Å²) in [6.07, 6.45) is 0.785. The predicted octanol–water partition coefficient (Wildman–Crippen LogP) is 1.34. The highest BCUT2D eigenvalue weighted by Crippen LogP contribution is 2.30. The maximum absolute atomic E-state index is 14.7. The highest BCUT2D eigenvalue weighted by molar-refractivity contribution is 7.84. The number of hydrogen-bond donors (Lipinski definition) is 3. The van der Waals surface area contributed by atoms with Crippen molar-refractivity contribution >= 4 is 33.5 Å². The number of nitrogens with zero attached hydrogens (tertiary/aromatic N) is 4. The highest BCUT2D eigenvalue weighted by Gasteiger charge is 2.46. The molecule has 0 saturated heterocycles. The van der Waals surface area contributed by atoms with Crippen LogP contribution >= 0.6 is 11.6 Å². The van der Waals surface area contributed by atoms with Crippen molar-refractivity contribution in [2.24, 2.45) is 0 Å². The molecule has 1 aliphatic rings. The lowest BCUT2D eigenvalue weighted by Crippen LogP contribution is -2.35. The number of ketones is 1. The molecule has 0 spiro atoms. The van der Waals surface area contributed by atoms with Crippen LogP contribution in [0.2, 0.25) is 5.15 Å². The number of hydrogen-bond acceptors (Lipinski definition) is 9. The molecule has 1 saturated carbocycles. The number of aliphatic hydroxyl groups excluding tert-OH is 1. The summed E-state index contributed by atoms with van der Waals surface area (Å²) < 4.78 is 46.5. The van der Waals surface area contributed by atoms with E-state index in [4.69, 9.17) is 15.8 Å². The Bertz CT molecular complexity index is 1320. The summed E-state index contributed by atoms with van der Waals surface area (Å²) in [5.74, 6) is -0.364. The fraction of sp³-hybridized carbons (Fsp3) is 0.333. The second kappa shape index (κ2) is 10.3. The van der Waals surface area contributed by atoms with Crippen molar-refractivity contribution in [3.05, 3.63) is 71.2 Å². The minimum absolute atomic E-state index is 0.0474. The molecule has 0 amide bonds. The van der Waals surface area contributed by atoms with Crippen LogP contribution in [0.4, 0.5) is 10.2 Å². The monoisotopic (exact) mass is 524 g/mol. The van der Waals surface area contributed by atoms with Crippen molar-refractivity contribution in [2.45, 2.75) is 37.4 Å². The quantitative estimate of drug-likeness (QED) is 0.278. The first kappa shape index (κ1) is 25.1. The maximum atomic E-state index is 14.7. The summed E-state index contributed by atoms with van der Waals surface area (Å²) in [5, 5.41) is 13.3. The number of aliphatic hydroxyl groups is 1. The number of halogens is 2. The van der Waals surface area contributed by atoms with E-state index in [2.05, 4.69) is 20.3 Å². The van der Waals surface area contributed by atoms with Gasteiger partial charge in [-0.3, -0.25) is 8.98 Å². The second-order valence-electron chi connectivity index (χ2n) is 7.85. The second-order valence-corrected chi connectivity index (χ2v) is 9.75. The van der Waals surface area contributed by atoms with Crippen LogP contribution < -0.4 is 10.0 Å². The van der Waals surface area contributed by atoms with Crippen molar-refractivity contribution in [1.29, 1.82) is 0 Å². The van der Waals surface area contributed by atoms with E-state index < -0.39 is 40.5 Å². The molecule has 186 valence electrons. The third-order valence-corrected chi connectivity index (χ3v) is 6.70. The fourth-order valence-corrected chi connectivity index (χ4v) is 4.54. The summed E-state index contributed by atoms with van der Waals surface area (Å²) in [7, 11) is -3.00. The summed E-state index contributed by atoms with van der Waals surface area (Å²) in [5.41, 5.74) is 1.14. The van der Waals surface area contributed by atoms with Crippen LogP contribution in [0.5, 0.6) is 0 Å². The van der Waals surface area contributed by atoms with Crippen molar-refractivity contribution < 1.29 is 26.9 Å². The lowest BCUT2D eigenvalue weighted by molar-refractivity contribution is 0.0248. The molecule has 11 nitrogen and oxygen atoms in total. The lowest BCUT2D eigenvalue weighted by Gasteiger charge is -2.17. The first-order valence-electron chi connectivity index (χ1n) is 10.5.